The van der Waals surface area contributed by atoms with Crippen molar-refractivity contribution in [1.29, 1.82) is 0 Å². The minimum Gasteiger partial charge on any atom is -0.373 e. The summed E-state index contributed by atoms with van der Waals surface area (Å²) in [7, 11) is 3.94. The minimum atomic E-state index is 0.252. The third kappa shape index (κ3) is 4.72. The molecule has 1 aromatic heterocycles. The van der Waals surface area contributed by atoms with E-state index in [1.54, 1.807) is 0 Å². The highest BCUT2D eigenvalue weighted by Crippen LogP contribution is 2.29. The van der Waals surface area contributed by atoms with E-state index in [1.165, 1.54) is 24.8 Å². The Balaban J connectivity index is 1.44. The zero-order valence-electron chi connectivity index (χ0n) is 18.0. The summed E-state index contributed by atoms with van der Waals surface area (Å²) in [6.07, 6.45) is 9.22. The zero-order valence-corrected chi connectivity index (χ0v) is 18.0. The lowest BCUT2D eigenvalue weighted by Gasteiger charge is -2.34. The van der Waals surface area contributed by atoms with E-state index in [2.05, 4.69) is 15.5 Å². The molecule has 3 heterocycles. The predicted molar refractivity (Wildman–Crippen MR) is 115 cm³/mol. The van der Waals surface area contributed by atoms with Crippen LogP contribution >= 0.6 is 0 Å². The fourth-order valence-electron chi connectivity index (χ4n) is 5.08. The number of anilines is 1. The van der Waals surface area contributed by atoms with Crippen molar-refractivity contribution in [2.75, 3.05) is 45.6 Å². The second-order valence-electron chi connectivity index (χ2n) is 8.89. The van der Waals surface area contributed by atoms with Crippen LogP contribution in [0.3, 0.4) is 0 Å². The third-order valence-electron chi connectivity index (χ3n) is 6.98. The van der Waals surface area contributed by atoms with E-state index >= 15 is 0 Å². The van der Waals surface area contributed by atoms with Crippen molar-refractivity contribution in [3.8, 4) is 0 Å². The van der Waals surface area contributed by atoms with Crippen LogP contribution in [0, 0.1) is 0 Å². The van der Waals surface area contributed by atoms with Crippen LogP contribution in [-0.2, 0) is 17.8 Å². The number of nitrogens with one attached hydrogen (secondary N) is 2. The Hall–Kier alpha value is -1.73. The summed E-state index contributed by atoms with van der Waals surface area (Å²) >= 11 is 0. The van der Waals surface area contributed by atoms with Gasteiger partial charge in [-0.1, -0.05) is 19.3 Å². The van der Waals surface area contributed by atoms with Gasteiger partial charge in [-0.25, -0.2) is 9.97 Å². The molecule has 1 amide bonds. The number of piperidine rings is 1. The van der Waals surface area contributed by atoms with Gasteiger partial charge in [0.25, 0.3) is 0 Å². The highest BCUT2D eigenvalue weighted by atomic mass is 16.2. The molecular formula is C22H36N6O. The first-order valence-corrected chi connectivity index (χ1v) is 11.4. The molecule has 7 nitrogen and oxygen atoms in total. The molecule has 1 aliphatic carbocycles. The smallest absolute Gasteiger partial charge is 0.236 e. The van der Waals surface area contributed by atoms with E-state index < -0.39 is 0 Å². The SMILES string of the molecule is CNc1nc(C2CCNCC2)nc2c1CCN(CC(=O)N(C)C1CCCCC1)C2. The number of hydrogen-bond donors (Lipinski definition) is 2. The molecule has 3 aliphatic rings. The van der Waals surface area contributed by atoms with Crippen molar-refractivity contribution in [1.82, 2.24) is 25.1 Å². The van der Waals surface area contributed by atoms with Gasteiger partial charge in [0.2, 0.25) is 5.91 Å². The number of nitrogens with zero attached hydrogens (tertiary/aromatic N) is 4. The number of hydrogen-bond acceptors (Lipinski definition) is 6. The van der Waals surface area contributed by atoms with Crippen LogP contribution in [0.2, 0.25) is 0 Å². The molecule has 0 radical (unpaired) electrons. The Kier molecular flexibility index (Phi) is 6.65. The first-order valence-electron chi connectivity index (χ1n) is 11.4. The van der Waals surface area contributed by atoms with Crippen LogP contribution in [0.1, 0.15) is 67.9 Å². The van der Waals surface area contributed by atoms with E-state index in [4.69, 9.17) is 9.97 Å². The molecule has 0 bridgehead atoms. The Morgan fingerprint density at radius 1 is 1.17 bits per heavy atom. The number of carbonyl (C=O) groups excluding carboxylic acids is 1. The second-order valence-corrected chi connectivity index (χ2v) is 8.89. The van der Waals surface area contributed by atoms with Gasteiger partial charge in [0, 0.05) is 44.7 Å². The lowest BCUT2D eigenvalue weighted by Crippen LogP contribution is -2.45. The van der Waals surface area contributed by atoms with Crippen LogP contribution in [-0.4, -0.2) is 72.0 Å². The van der Waals surface area contributed by atoms with Gasteiger partial charge in [-0.3, -0.25) is 9.69 Å². The second kappa shape index (κ2) is 9.39. The van der Waals surface area contributed by atoms with Crippen molar-refractivity contribution in [2.45, 2.75) is 69.9 Å². The molecule has 2 aliphatic heterocycles. The monoisotopic (exact) mass is 400 g/mol. The summed E-state index contributed by atoms with van der Waals surface area (Å²) in [5, 5.41) is 6.71. The first kappa shape index (κ1) is 20.5. The molecule has 1 aromatic rings. The zero-order chi connectivity index (χ0) is 20.2. The molecule has 0 spiro atoms. The Morgan fingerprint density at radius 3 is 2.66 bits per heavy atom. The number of fused-ring (bicyclic) bond motifs is 1. The number of likely N-dealkylation sites (N-methyl/N-ethyl adjacent to an activating group) is 1. The summed E-state index contributed by atoms with van der Waals surface area (Å²) in [5.74, 6) is 2.64. The molecule has 0 aromatic carbocycles. The number of amides is 1. The molecule has 0 unspecified atom stereocenters. The van der Waals surface area contributed by atoms with E-state index in [0.29, 0.717) is 18.5 Å². The molecule has 7 heteroatoms. The number of carbonyl (C=O) groups is 1. The molecule has 2 N–H and O–H groups in total. The lowest BCUT2D eigenvalue weighted by atomic mass is 9.94. The van der Waals surface area contributed by atoms with Crippen LogP contribution in [0.15, 0.2) is 0 Å². The number of aromatic nitrogens is 2. The molecule has 0 atom stereocenters. The topological polar surface area (TPSA) is 73.4 Å². The lowest BCUT2D eigenvalue weighted by molar-refractivity contribution is -0.134. The quantitative estimate of drug-likeness (QED) is 0.789. The van der Waals surface area contributed by atoms with Crippen LogP contribution in [0.5, 0.6) is 0 Å². The standard InChI is InChI=1S/C22H36N6O/c1-23-22-18-10-13-28(15-20(29)27(2)17-6-4-3-5-7-17)14-19(18)25-21(26-22)16-8-11-24-12-9-16/h16-17,24H,3-15H2,1-2H3,(H,23,25,26). The summed E-state index contributed by atoms with van der Waals surface area (Å²) in [5.41, 5.74) is 2.34. The van der Waals surface area contributed by atoms with Crippen LogP contribution in [0.25, 0.3) is 0 Å². The molecule has 1 saturated carbocycles. The molecular weight excluding hydrogens is 364 g/mol. The Bertz CT molecular complexity index is 711. The Labute approximate surface area is 174 Å². The highest BCUT2D eigenvalue weighted by Gasteiger charge is 2.28. The summed E-state index contributed by atoms with van der Waals surface area (Å²) < 4.78 is 0. The van der Waals surface area contributed by atoms with Crippen molar-refractivity contribution in [3.05, 3.63) is 17.1 Å². The van der Waals surface area contributed by atoms with Crippen LogP contribution < -0.4 is 10.6 Å². The Morgan fingerprint density at radius 2 is 1.93 bits per heavy atom. The normalized spacial score (nSPS) is 21.6. The highest BCUT2D eigenvalue weighted by molar-refractivity contribution is 5.78. The maximum atomic E-state index is 12.9. The van der Waals surface area contributed by atoms with E-state index in [1.807, 2.05) is 19.0 Å². The maximum Gasteiger partial charge on any atom is 0.236 e. The summed E-state index contributed by atoms with van der Waals surface area (Å²) in [4.78, 5) is 27.0. The third-order valence-corrected chi connectivity index (χ3v) is 6.98. The number of rotatable bonds is 5. The van der Waals surface area contributed by atoms with Crippen LogP contribution in [0.4, 0.5) is 5.82 Å². The van der Waals surface area contributed by atoms with Gasteiger partial charge < -0.3 is 15.5 Å². The van der Waals surface area contributed by atoms with Crippen molar-refractivity contribution < 1.29 is 4.79 Å². The van der Waals surface area contributed by atoms with E-state index in [9.17, 15) is 4.79 Å². The summed E-state index contributed by atoms with van der Waals surface area (Å²) in [6.45, 7) is 4.20. The van der Waals surface area contributed by atoms with Gasteiger partial charge in [-0.15, -0.1) is 0 Å². The van der Waals surface area contributed by atoms with Crippen molar-refractivity contribution in [3.63, 3.8) is 0 Å². The van der Waals surface area contributed by atoms with Gasteiger partial charge in [0.1, 0.15) is 11.6 Å². The van der Waals surface area contributed by atoms with Gasteiger partial charge in [0.15, 0.2) is 0 Å². The average Bonchev–Trinajstić information content (AvgIpc) is 2.78. The maximum absolute atomic E-state index is 12.9. The first-order chi connectivity index (χ1) is 14.2. The van der Waals surface area contributed by atoms with Gasteiger partial charge in [-0.2, -0.15) is 0 Å². The minimum absolute atomic E-state index is 0.252. The van der Waals surface area contributed by atoms with Gasteiger partial charge in [-0.05, 0) is 45.2 Å². The van der Waals surface area contributed by atoms with Crippen molar-refractivity contribution in [2.24, 2.45) is 0 Å². The summed E-state index contributed by atoms with van der Waals surface area (Å²) in [6, 6.07) is 0.429. The average molecular weight is 401 g/mol. The largest absolute Gasteiger partial charge is 0.373 e. The molecule has 1 saturated heterocycles. The van der Waals surface area contributed by atoms with Gasteiger partial charge in [0.05, 0.1) is 12.2 Å². The predicted octanol–water partition coefficient (Wildman–Crippen LogP) is 2.13. The fraction of sp³-hybridized carbons (Fsp3) is 0.773. The fourth-order valence-corrected chi connectivity index (χ4v) is 5.08. The van der Waals surface area contributed by atoms with Gasteiger partial charge >= 0.3 is 0 Å². The van der Waals surface area contributed by atoms with E-state index in [-0.39, 0.29) is 5.91 Å². The van der Waals surface area contributed by atoms with E-state index in [0.717, 1.165) is 75.6 Å². The van der Waals surface area contributed by atoms with Crippen molar-refractivity contribution >= 4 is 11.7 Å². The molecule has 160 valence electrons. The molecule has 4 rings (SSSR count). The molecule has 29 heavy (non-hydrogen) atoms. The molecule has 2 fully saturated rings.